The zero-order valence-corrected chi connectivity index (χ0v) is 9.28. The van der Waals surface area contributed by atoms with Gasteiger partial charge in [-0.05, 0) is 6.92 Å². The molecule has 0 saturated heterocycles. The van der Waals surface area contributed by atoms with Gasteiger partial charge in [-0.3, -0.25) is 14.7 Å². The van der Waals surface area contributed by atoms with Gasteiger partial charge in [-0.2, -0.15) is 5.10 Å². The van der Waals surface area contributed by atoms with Crippen LogP contribution in [0.1, 0.15) is 17.4 Å². The zero-order valence-electron chi connectivity index (χ0n) is 9.28. The minimum Gasteiger partial charge on any atom is -0.382 e. The van der Waals surface area contributed by atoms with Crippen molar-refractivity contribution >= 4 is 17.6 Å². The van der Waals surface area contributed by atoms with Gasteiger partial charge in [-0.15, -0.1) is 0 Å². The molecule has 7 heteroatoms. The predicted molar refractivity (Wildman–Crippen MR) is 58.6 cm³/mol. The van der Waals surface area contributed by atoms with Crippen molar-refractivity contribution in [3.8, 4) is 0 Å². The lowest BCUT2D eigenvalue weighted by atomic mass is 10.3. The van der Waals surface area contributed by atoms with Gasteiger partial charge in [0.1, 0.15) is 11.5 Å². The van der Waals surface area contributed by atoms with Crippen LogP contribution in [0.2, 0.25) is 0 Å². The molecule has 1 rings (SSSR count). The highest BCUT2D eigenvalue weighted by Crippen LogP contribution is 2.04. The first-order valence-electron chi connectivity index (χ1n) is 4.89. The SMILES string of the molecule is CCN(CC(=O)NC)C(=O)c1cc(N)n[nH]1. The number of anilines is 1. The van der Waals surface area contributed by atoms with E-state index in [9.17, 15) is 9.59 Å². The topological polar surface area (TPSA) is 104 Å². The van der Waals surface area contributed by atoms with E-state index in [4.69, 9.17) is 5.73 Å². The van der Waals surface area contributed by atoms with E-state index in [1.54, 1.807) is 6.92 Å². The molecule has 4 N–H and O–H groups in total. The van der Waals surface area contributed by atoms with Crippen molar-refractivity contribution in [1.82, 2.24) is 20.4 Å². The maximum absolute atomic E-state index is 11.9. The van der Waals surface area contributed by atoms with E-state index < -0.39 is 0 Å². The van der Waals surface area contributed by atoms with E-state index in [0.717, 1.165) is 0 Å². The average molecular weight is 225 g/mol. The summed E-state index contributed by atoms with van der Waals surface area (Å²) in [6.45, 7) is 2.25. The van der Waals surface area contributed by atoms with Crippen LogP contribution in [0.15, 0.2) is 6.07 Å². The fourth-order valence-electron chi connectivity index (χ4n) is 1.20. The van der Waals surface area contributed by atoms with Crippen LogP contribution in [-0.2, 0) is 4.79 Å². The number of nitrogens with zero attached hydrogens (tertiary/aromatic N) is 2. The Morgan fingerprint density at radius 2 is 2.31 bits per heavy atom. The van der Waals surface area contributed by atoms with Crippen LogP contribution in [0.3, 0.4) is 0 Å². The van der Waals surface area contributed by atoms with Crippen molar-refractivity contribution in [1.29, 1.82) is 0 Å². The van der Waals surface area contributed by atoms with Gasteiger partial charge >= 0.3 is 0 Å². The second-order valence-electron chi connectivity index (χ2n) is 3.20. The summed E-state index contributed by atoms with van der Waals surface area (Å²) in [7, 11) is 1.52. The molecule has 1 heterocycles. The molecule has 0 fully saturated rings. The molecule has 1 aromatic heterocycles. The molecule has 0 spiro atoms. The summed E-state index contributed by atoms with van der Waals surface area (Å²) < 4.78 is 0. The van der Waals surface area contributed by atoms with E-state index in [1.165, 1.54) is 18.0 Å². The number of nitrogen functional groups attached to an aromatic ring is 1. The van der Waals surface area contributed by atoms with Crippen LogP contribution in [0.5, 0.6) is 0 Å². The van der Waals surface area contributed by atoms with Gasteiger partial charge in [0.15, 0.2) is 0 Å². The Bertz CT molecular complexity index is 387. The number of aromatic nitrogens is 2. The van der Waals surface area contributed by atoms with Gasteiger partial charge < -0.3 is 16.0 Å². The molecular formula is C9H15N5O2. The number of likely N-dealkylation sites (N-methyl/N-ethyl adjacent to an activating group) is 2. The third-order valence-electron chi connectivity index (χ3n) is 2.11. The Kier molecular flexibility index (Phi) is 3.87. The number of rotatable bonds is 4. The monoisotopic (exact) mass is 225 g/mol. The molecule has 7 nitrogen and oxygen atoms in total. The van der Waals surface area contributed by atoms with Crippen LogP contribution in [0.4, 0.5) is 5.82 Å². The van der Waals surface area contributed by atoms with Gasteiger partial charge in [-0.1, -0.05) is 0 Å². The predicted octanol–water partition coefficient (Wildman–Crippen LogP) is -0.800. The van der Waals surface area contributed by atoms with E-state index in [-0.39, 0.29) is 29.9 Å². The lowest BCUT2D eigenvalue weighted by Gasteiger charge is -2.18. The molecule has 0 aliphatic heterocycles. The Morgan fingerprint density at radius 1 is 1.62 bits per heavy atom. The third kappa shape index (κ3) is 2.72. The first-order valence-corrected chi connectivity index (χ1v) is 4.89. The minimum atomic E-state index is -0.296. The molecule has 0 aliphatic rings. The Labute approximate surface area is 93.0 Å². The van der Waals surface area contributed by atoms with Gasteiger partial charge in [0.2, 0.25) is 5.91 Å². The second-order valence-corrected chi connectivity index (χ2v) is 3.20. The third-order valence-corrected chi connectivity index (χ3v) is 2.11. The summed E-state index contributed by atoms with van der Waals surface area (Å²) in [6.07, 6.45) is 0. The van der Waals surface area contributed by atoms with Crippen LogP contribution in [0.25, 0.3) is 0 Å². The molecule has 0 aromatic carbocycles. The van der Waals surface area contributed by atoms with Crippen molar-refractivity contribution in [2.24, 2.45) is 0 Å². The van der Waals surface area contributed by atoms with Crippen molar-refractivity contribution in [2.75, 3.05) is 25.9 Å². The van der Waals surface area contributed by atoms with Gasteiger partial charge in [0.25, 0.3) is 5.91 Å². The number of hydrogen-bond acceptors (Lipinski definition) is 4. The molecule has 0 radical (unpaired) electrons. The van der Waals surface area contributed by atoms with E-state index >= 15 is 0 Å². The number of carbonyl (C=O) groups is 2. The highest BCUT2D eigenvalue weighted by Gasteiger charge is 2.18. The lowest BCUT2D eigenvalue weighted by molar-refractivity contribution is -0.121. The molecule has 0 saturated carbocycles. The highest BCUT2D eigenvalue weighted by atomic mass is 16.2. The number of hydrogen-bond donors (Lipinski definition) is 3. The van der Waals surface area contributed by atoms with E-state index in [1.807, 2.05) is 0 Å². The normalized spacial score (nSPS) is 9.88. The molecule has 0 atom stereocenters. The van der Waals surface area contributed by atoms with Crippen LogP contribution >= 0.6 is 0 Å². The lowest BCUT2D eigenvalue weighted by Crippen LogP contribution is -2.39. The van der Waals surface area contributed by atoms with Gasteiger partial charge in [-0.25, -0.2) is 0 Å². The number of amides is 2. The zero-order chi connectivity index (χ0) is 12.1. The van der Waals surface area contributed by atoms with Crippen LogP contribution < -0.4 is 11.1 Å². The molecule has 0 aliphatic carbocycles. The van der Waals surface area contributed by atoms with Gasteiger partial charge in [0, 0.05) is 19.7 Å². The summed E-state index contributed by atoms with van der Waals surface area (Å²) in [5.41, 5.74) is 5.67. The Morgan fingerprint density at radius 3 is 2.75 bits per heavy atom. The number of nitrogens with one attached hydrogen (secondary N) is 2. The molecule has 88 valence electrons. The summed E-state index contributed by atoms with van der Waals surface area (Å²) in [6, 6.07) is 1.44. The minimum absolute atomic E-state index is 0.0186. The number of H-pyrrole nitrogens is 1. The maximum atomic E-state index is 11.9. The molecule has 1 aromatic rings. The molecule has 0 unspecified atom stereocenters. The summed E-state index contributed by atoms with van der Waals surface area (Å²) >= 11 is 0. The van der Waals surface area contributed by atoms with Crippen molar-refractivity contribution in [3.63, 3.8) is 0 Å². The molecule has 2 amide bonds. The summed E-state index contributed by atoms with van der Waals surface area (Å²) in [5, 5.41) is 8.63. The van der Waals surface area contributed by atoms with Crippen LogP contribution in [0, 0.1) is 0 Å². The smallest absolute Gasteiger partial charge is 0.272 e. The largest absolute Gasteiger partial charge is 0.382 e. The molecular weight excluding hydrogens is 210 g/mol. The number of nitrogens with two attached hydrogens (primary N) is 1. The standard InChI is InChI=1S/C9H15N5O2/c1-3-14(5-8(15)11-2)9(16)6-4-7(10)13-12-6/h4H,3,5H2,1-2H3,(H,11,15)(H3,10,12,13). The Balaban J connectivity index is 2.73. The van der Waals surface area contributed by atoms with E-state index in [2.05, 4.69) is 15.5 Å². The molecule has 0 bridgehead atoms. The first kappa shape index (κ1) is 12.0. The van der Waals surface area contributed by atoms with Crippen molar-refractivity contribution < 1.29 is 9.59 Å². The first-order chi connectivity index (χ1) is 7.58. The summed E-state index contributed by atoms with van der Waals surface area (Å²) in [5.74, 6) is -0.266. The van der Waals surface area contributed by atoms with Crippen molar-refractivity contribution in [2.45, 2.75) is 6.92 Å². The summed E-state index contributed by atoms with van der Waals surface area (Å²) in [4.78, 5) is 24.4. The number of carbonyl (C=O) groups excluding carboxylic acids is 2. The quantitative estimate of drug-likeness (QED) is 0.624. The maximum Gasteiger partial charge on any atom is 0.272 e. The second kappa shape index (κ2) is 5.15. The van der Waals surface area contributed by atoms with Gasteiger partial charge in [0.05, 0.1) is 6.54 Å². The number of aromatic amines is 1. The fourth-order valence-corrected chi connectivity index (χ4v) is 1.20. The van der Waals surface area contributed by atoms with E-state index in [0.29, 0.717) is 6.54 Å². The highest BCUT2D eigenvalue weighted by molar-refractivity contribution is 5.95. The van der Waals surface area contributed by atoms with Crippen molar-refractivity contribution in [3.05, 3.63) is 11.8 Å². The fraction of sp³-hybridized carbons (Fsp3) is 0.444. The average Bonchev–Trinajstić information content (AvgIpc) is 2.71. The Hall–Kier alpha value is -2.05. The van der Waals surface area contributed by atoms with Crippen LogP contribution in [-0.4, -0.2) is 47.0 Å². The molecule has 16 heavy (non-hydrogen) atoms.